The molecule has 2 N–H and O–H groups in total. The van der Waals surface area contributed by atoms with Gasteiger partial charge in [-0.3, -0.25) is 0 Å². The Morgan fingerprint density at radius 2 is 2.00 bits per heavy atom. The predicted octanol–water partition coefficient (Wildman–Crippen LogP) is 1.17. The minimum atomic E-state index is -3.59. The largest absolute Gasteiger partial charge is 0.313 e. The first-order valence-electron chi connectivity index (χ1n) is 7.00. The summed E-state index contributed by atoms with van der Waals surface area (Å²) in [5.74, 6) is -0.400. The van der Waals surface area contributed by atoms with Gasteiger partial charge in [-0.15, -0.1) is 0 Å². The van der Waals surface area contributed by atoms with Crippen LogP contribution in [0.1, 0.15) is 18.9 Å². The zero-order valence-electron chi connectivity index (χ0n) is 12.8. The van der Waals surface area contributed by atoms with Gasteiger partial charge in [-0.1, -0.05) is 6.92 Å². The molecule has 0 spiro atoms. The van der Waals surface area contributed by atoms with E-state index >= 15 is 0 Å². The zero-order chi connectivity index (χ0) is 15.9. The molecule has 0 unspecified atom stereocenters. The maximum atomic E-state index is 13.6. The lowest BCUT2D eigenvalue weighted by molar-refractivity contribution is 0.400. The lowest BCUT2D eigenvalue weighted by atomic mass is 10.2. The quantitative estimate of drug-likeness (QED) is 0.671. The van der Waals surface area contributed by atoms with Crippen LogP contribution in [0.4, 0.5) is 4.39 Å². The smallest absolute Gasteiger partial charge is 0.240 e. The molecule has 0 radical (unpaired) electrons. The summed E-state index contributed by atoms with van der Waals surface area (Å²) < 4.78 is 40.4. The fourth-order valence-corrected chi connectivity index (χ4v) is 2.92. The zero-order valence-corrected chi connectivity index (χ0v) is 13.6. The number of hydrogen-bond acceptors (Lipinski definition) is 4. The summed E-state index contributed by atoms with van der Waals surface area (Å²) in [6.45, 7) is 4.08. The minimum Gasteiger partial charge on any atom is -0.313 e. The van der Waals surface area contributed by atoms with E-state index in [2.05, 4.69) is 10.0 Å². The molecule has 0 saturated carbocycles. The second-order valence-corrected chi connectivity index (χ2v) is 6.86. The van der Waals surface area contributed by atoms with E-state index in [0.29, 0.717) is 25.2 Å². The standard InChI is InChI=1S/C14H24FN3O2S/c1-4-16-11-12-10-13(6-7-14(12)15)21(19,20)17-8-5-9-18(2)3/h6-7,10,16-17H,4-5,8-9,11H2,1-3H3. The summed E-state index contributed by atoms with van der Waals surface area (Å²) >= 11 is 0. The molecule has 0 atom stereocenters. The lowest BCUT2D eigenvalue weighted by Gasteiger charge is -2.11. The molecule has 0 amide bonds. The fraction of sp³-hybridized carbons (Fsp3) is 0.571. The Balaban J connectivity index is 2.73. The highest BCUT2D eigenvalue weighted by Gasteiger charge is 2.15. The number of hydrogen-bond donors (Lipinski definition) is 2. The summed E-state index contributed by atoms with van der Waals surface area (Å²) in [6, 6.07) is 3.87. The number of sulfonamides is 1. The molecule has 120 valence electrons. The number of benzene rings is 1. The van der Waals surface area contributed by atoms with Crippen molar-refractivity contribution in [3.8, 4) is 0 Å². The van der Waals surface area contributed by atoms with Crippen molar-refractivity contribution in [2.24, 2.45) is 0 Å². The molecule has 0 heterocycles. The molecule has 21 heavy (non-hydrogen) atoms. The van der Waals surface area contributed by atoms with E-state index in [1.54, 1.807) is 0 Å². The first kappa shape index (κ1) is 18.0. The van der Waals surface area contributed by atoms with Crippen molar-refractivity contribution < 1.29 is 12.8 Å². The van der Waals surface area contributed by atoms with Gasteiger partial charge in [0.2, 0.25) is 10.0 Å². The lowest BCUT2D eigenvalue weighted by Crippen LogP contribution is -2.27. The topological polar surface area (TPSA) is 61.4 Å². The van der Waals surface area contributed by atoms with Crippen LogP contribution in [0.3, 0.4) is 0 Å². The Morgan fingerprint density at radius 3 is 2.62 bits per heavy atom. The third kappa shape index (κ3) is 6.09. The third-order valence-electron chi connectivity index (χ3n) is 2.97. The van der Waals surface area contributed by atoms with Crippen molar-refractivity contribution in [2.75, 3.05) is 33.7 Å². The molecule has 1 aromatic carbocycles. The molecule has 5 nitrogen and oxygen atoms in total. The summed E-state index contributed by atoms with van der Waals surface area (Å²) in [5.41, 5.74) is 0.355. The van der Waals surface area contributed by atoms with E-state index in [1.165, 1.54) is 18.2 Å². The van der Waals surface area contributed by atoms with Crippen molar-refractivity contribution in [1.29, 1.82) is 0 Å². The maximum absolute atomic E-state index is 13.6. The molecule has 1 rings (SSSR count). The van der Waals surface area contributed by atoms with Crippen LogP contribution in [0.5, 0.6) is 0 Å². The molecule has 0 aromatic heterocycles. The van der Waals surface area contributed by atoms with Crippen LogP contribution in [-0.4, -0.2) is 47.0 Å². The Bertz CT molecular complexity index is 547. The van der Waals surface area contributed by atoms with Crippen molar-refractivity contribution >= 4 is 10.0 Å². The average Bonchev–Trinajstić information content (AvgIpc) is 2.42. The van der Waals surface area contributed by atoms with Crippen molar-refractivity contribution in [1.82, 2.24) is 14.9 Å². The molecule has 1 aromatic rings. The monoisotopic (exact) mass is 317 g/mol. The predicted molar refractivity (Wildman–Crippen MR) is 82.1 cm³/mol. The van der Waals surface area contributed by atoms with E-state index in [9.17, 15) is 12.8 Å². The van der Waals surface area contributed by atoms with E-state index < -0.39 is 15.8 Å². The van der Waals surface area contributed by atoms with Gasteiger partial charge in [-0.25, -0.2) is 17.5 Å². The molecule has 0 aliphatic carbocycles. The summed E-state index contributed by atoms with van der Waals surface area (Å²) in [7, 11) is 0.279. The van der Waals surface area contributed by atoms with E-state index in [0.717, 1.165) is 13.0 Å². The number of nitrogens with zero attached hydrogens (tertiary/aromatic N) is 1. The maximum Gasteiger partial charge on any atom is 0.240 e. The summed E-state index contributed by atoms with van der Waals surface area (Å²) in [4.78, 5) is 2.09. The summed E-state index contributed by atoms with van der Waals surface area (Å²) in [6.07, 6.45) is 0.720. The van der Waals surface area contributed by atoms with Crippen LogP contribution >= 0.6 is 0 Å². The van der Waals surface area contributed by atoms with Gasteiger partial charge in [0.05, 0.1) is 4.90 Å². The highest BCUT2D eigenvalue weighted by Crippen LogP contribution is 2.15. The van der Waals surface area contributed by atoms with Crippen LogP contribution < -0.4 is 10.0 Å². The van der Waals surface area contributed by atoms with Crippen LogP contribution in [0, 0.1) is 5.82 Å². The van der Waals surface area contributed by atoms with Gasteiger partial charge in [0.25, 0.3) is 0 Å². The van der Waals surface area contributed by atoms with Crippen LogP contribution in [0.2, 0.25) is 0 Å². The summed E-state index contributed by atoms with van der Waals surface area (Å²) in [5, 5.41) is 2.99. The van der Waals surface area contributed by atoms with Gasteiger partial charge < -0.3 is 10.2 Å². The second-order valence-electron chi connectivity index (χ2n) is 5.09. The highest BCUT2D eigenvalue weighted by molar-refractivity contribution is 7.89. The fourth-order valence-electron chi connectivity index (χ4n) is 1.80. The van der Waals surface area contributed by atoms with Crippen LogP contribution in [-0.2, 0) is 16.6 Å². The van der Waals surface area contributed by atoms with E-state index in [4.69, 9.17) is 0 Å². The van der Waals surface area contributed by atoms with Gasteiger partial charge in [-0.2, -0.15) is 0 Å². The van der Waals surface area contributed by atoms with E-state index in [1.807, 2.05) is 25.9 Å². The molecular weight excluding hydrogens is 293 g/mol. The van der Waals surface area contributed by atoms with Gasteiger partial charge >= 0.3 is 0 Å². The Morgan fingerprint density at radius 1 is 1.29 bits per heavy atom. The number of halogens is 1. The van der Waals surface area contributed by atoms with Crippen molar-refractivity contribution in [3.63, 3.8) is 0 Å². The third-order valence-corrected chi connectivity index (χ3v) is 4.43. The molecule has 0 bridgehead atoms. The number of rotatable bonds is 9. The first-order valence-corrected chi connectivity index (χ1v) is 8.48. The minimum absolute atomic E-state index is 0.0988. The Hall–Kier alpha value is -1.02. The molecular formula is C14H24FN3O2S. The molecule has 0 aliphatic heterocycles. The SMILES string of the molecule is CCNCc1cc(S(=O)(=O)NCCCN(C)C)ccc1F. The van der Waals surface area contributed by atoms with Crippen LogP contribution in [0.15, 0.2) is 23.1 Å². The number of nitrogens with one attached hydrogen (secondary N) is 2. The average molecular weight is 317 g/mol. The molecule has 7 heteroatoms. The molecule has 0 aliphatic rings. The van der Waals surface area contributed by atoms with Gasteiger partial charge in [-0.05, 0) is 51.8 Å². The second kappa shape index (κ2) is 8.43. The molecule has 0 saturated heterocycles. The van der Waals surface area contributed by atoms with Crippen molar-refractivity contribution in [2.45, 2.75) is 24.8 Å². The van der Waals surface area contributed by atoms with Gasteiger partial charge in [0.1, 0.15) is 5.82 Å². The van der Waals surface area contributed by atoms with Crippen LogP contribution in [0.25, 0.3) is 0 Å². The first-order chi connectivity index (χ1) is 9.86. The van der Waals surface area contributed by atoms with Gasteiger partial charge in [0.15, 0.2) is 0 Å². The van der Waals surface area contributed by atoms with Crippen molar-refractivity contribution in [3.05, 3.63) is 29.6 Å². The Kier molecular flexibility index (Phi) is 7.24. The Labute approximate surface area is 126 Å². The van der Waals surface area contributed by atoms with Gasteiger partial charge in [0, 0.05) is 18.7 Å². The molecule has 0 fully saturated rings. The highest BCUT2D eigenvalue weighted by atomic mass is 32.2. The normalized spacial score (nSPS) is 12.0. The van der Waals surface area contributed by atoms with E-state index in [-0.39, 0.29) is 4.90 Å².